The molecule has 0 saturated carbocycles. The molecule has 0 N–H and O–H groups in total. The lowest BCUT2D eigenvalue weighted by Crippen LogP contribution is -2.69. The summed E-state index contributed by atoms with van der Waals surface area (Å²) in [5.41, 5.74) is 2.11. The van der Waals surface area contributed by atoms with Crippen LogP contribution in [-0.4, -0.2) is 59.4 Å². The molecule has 5 heteroatoms. The van der Waals surface area contributed by atoms with Crippen molar-refractivity contribution in [2.75, 3.05) is 26.3 Å². The third kappa shape index (κ3) is 4.74. The van der Waals surface area contributed by atoms with Crippen molar-refractivity contribution in [3.05, 3.63) is 108 Å². The first kappa shape index (κ1) is 26.5. The first-order valence-corrected chi connectivity index (χ1v) is 13.8. The predicted molar refractivity (Wildman–Crippen MR) is 151 cm³/mol. The average Bonchev–Trinajstić information content (AvgIpc) is 3.16. The molecule has 0 spiro atoms. The van der Waals surface area contributed by atoms with E-state index in [-0.39, 0.29) is 12.1 Å². The molecule has 5 rings (SSSR count). The van der Waals surface area contributed by atoms with Gasteiger partial charge in [-0.05, 0) is 57.2 Å². The minimum Gasteiger partial charge on any atom is -0.444 e. The first-order valence-electron chi connectivity index (χ1n) is 13.8. The second kappa shape index (κ2) is 10.5. The molecule has 2 bridgehead atoms. The first-order chi connectivity index (χ1) is 18.3. The molecule has 3 aromatic rings. The van der Waals surface area contributed by atoms with E-state index >= 15 is 0 Å². The highest BCUT2D eigenvalue weighted by molar-refractivity contribution is 5.71. The standard InChI is InChI=1S/C33H40N2O3/c1-5-37-25-32-22-21-29(35(32)30(36)38-31(2,3)4)23-34(24-32)33(26-15-9-6-10-16-26,27-17-11-7-12-18-27)28-19-13-8-14-20-28/h6-20,29H,5,21-25H2,1-4H3. The van der Waals surface area contributed by atoms with Crippen molar-refractivity contribution < 1.29 is 14.3 Å². The monoisotopic (exact) mass is 512 g/mol. The Morgan fingerprint density at radius 1 is 0.868 bits per heavy atom. The van der Waals surface area contributed by atoms with E-state index < -0.39 is 16.7 Å². The van der Waals surface area contributed by atoms with Crippen LogP contribution in [0.3, 0.4) is 0 Å². The molecule has 2 aliphatic heterocycles. The summed E-state index contributed by atoms with van der Waals surface area (Å²) in [4.78, 5) is 18.3. The number of ether oxygens (including phenoxy) is 2. The van der Waals surface area contributed by atoms with Gasteiger partial charge in [-0.1, -0.05) is 91.0 Å². The fraction of sp³-hybridized carbons (Fsp3) is 0.424. The maximum atomic E-state index is 13.6. The summed E-state index contributed by atoms with van der Waals surface area (Å²) in [6.45, 7) is 10.3. The number of fused-ring (bicyclic) bond motifs is 2. The summed E-state index contributed by atoms with van der Waals surface area (Å²) in [5.74, 6) is 0. The molecule has 2 saturated heterocycles. The molecule has 200 valence electrons. The average molecular weight is 513 g/mol. The van der Waals surface area contributed by atoms with Gasteiger partial charge in [0.05, 0.1) is 17.7 Å². The summed E-state index contributed by atoms with van der Waals surface area (Å²) in [6, 6.07) is 32.4. The molecule has 5 nitrogen and oxygen atoms in total. The molecule has 1 amide bonds. The van der Waals surface area contributed by atoms with Gasteiger partial charge in [-0.3, -0.25) is 9.80 Å². The number of piperazine rings is 1. The van der Waals surface area contributed by atoms with Gasteiger partial charge in [-0.15, -0.1) is 0 Å². The van der Waals surface area contributed by atoms with Crippen molar-refractivity contribution in [2.24, 2.45) is 0 Å². The van der Waals surface area contributed by atoms with Crippen LogP contribution in [0.1, 0.15) is 57.2 Å². The predicted octanol–water partition coefficient (Wildman–Crippen LogP) is 6.47. The van der Waals surface area contributed by atoms with Crippen molar-refractivity contribution in [1.29, 1.82) is 0 Å². The Kier molecular flexibility index (Phi) is 7.34. The number of amides is 1. The van der Waals surface area contributed by atoms with E-state index in [1.807, 2.05) is 32.6 Å². The summed E-state index contributed by atoms with van der Waals surface area (Å²) >= 11 is 0. The summed E-state index contributed by atoms with van der Waals surface area (Å²) < 4.78 is 12.1. The Labute approximate surface area is 227 Å². The van der Waals surface area contributed by atoms with Gasteiger partial charge < -0.3 is 9.47 Å². The zero-order chi connectivity index (χ0) is 26.8. The van der Waals surface area contributed by atoms with Gasteiger partial charge in [0.1, 0.15) is 5.60 Å². The van der Waals surface area contributed by atoms with Gasteiger partial charge in [0.25, 0.3) is 0 Å². The second-order valence-electron chi connectivity index (χ2n) is 11.6. The third-order valence-corrected chi connectivity index (χ3v) is 7.95. The van der Waals surface area contributed by atoms with Crippen molar-refractivity contribution in [2.45, 2.75) is 63.3 Å². The molecule has 2 aliphatic rings. The molecule has 38 heavy (non-hydrogen) atoms. The molecular weight excluding hydrogens is 472 g/mol. The van der Waals surface area contributed by atoms with Crippen molar-refractivity contribution in [3.63, 3.8) is 0 Å². The number of benzene rings is 3. The van der Waals surface area contributed by atoms with Gasteiger partial charge in [0, 0.05) is 25.7 Å². The summed E-state index contributed by atoms with van der Waals surface area (Å²) in [6.07, 6.45) is 1.59. The van der Waals surface area contributed by atoms with Gasteiger partial charge in [-0.25, -0.2) is 4.79 Å². The molecule has 0 aliphatic carbocycles. The number of carbonyl (C=O) groups excluding carboxylic acids is 1. The van der Waals surface area contributed by atoms with E-state index in [0.29, 0.717) is 19.8 Å². The van der Waals surface area contributed by atoms with E-state index in [4.69, 9.17) is 9.47 Å². The number of nitrogens with zero attached hydrogens (tertiary/aromatic N) is 2. The fourth-order valence-electron chi connectivity index (χ4n) is 6.55. The Morgan fingerprint density at radius 3 is 1.82 bits per heavy atom. The van der Waals surface area contributed by atoms with Crippen LogP contribution in [0.4, 0.5) is 4.79 Å². The number of hydrogen-bond acceptors (Lipinski definition) is 4. The lowest BCUT2D eigenvalue weighted by atomic mass is 9.74. The molecule has 0 radical (unpaired) electrons. The molecule has 2 unspecified atom stereocenters. The van der Waals surface area contributed by atoms with E-state index in [9.17, 15) is 4.79 Å². The summed E-state index contributed by atoms with van der Waals surface area (Å²) in [5, 5.41) is 0. The Bertz CT molecular complexity index is 1110. The third-order valence-electron chi connectivity index (χ3n) is 7.95. The number of carbonyl (C=O) groups is 1. The molecular formula is C33H40N2O3. The van der Waals surface area contributed by atoms with Crippen LogP contribution in [0.15, 0.2) is 91.0 Å². The quantitative estimate of drug-likeness (QED) is 0.340. The lowest BCUT2D eigenvalue weighted by Gasteiger charge is -2.55. The molecule has 3 aromatic carbocycles. The van der Waals surface area contributed by atoms with Gasteiger partial charge in [-0.2, -0.15) is 0 Å². The minimum atomic E-state index is -0.553. The van der Waals surface area contributed by atoms with Crippen LogP contribution < -0.4 is 0 Å². The Hall–Kier alpha value is -3.15. The van der Waals surface area contributed by atoms with Crippen molar-refractivity contribution in [1.82, 2.24) is 9.80 Å². The minimum absolute atomic E-state index is 0.0366. The van der Waals surface area contributed by atoms with Crippen LogP contribution in [0, 0.1) is 0 Å². The molecule has 0 aromatic heterocycles. The van der Waals surface area contributed by atoms with Crippen LogP contribution in [0.2, 0.25) is 0 Å². The highest BCUT2D eigenvalue weighted by Gasteiger charge is 2.58. The molecule has 2 fully saturated rings. The topological polar surface area (TPSA) is 42.0 Å². The Balaban J connectivity index is 1.68. The van der Waals surface area contributed by atoms with Crippen LogP contribution in [-0.2, 0) is 15.0 Å². The highest BCUT2D eigenvalue weighted by atomic mass is 16.6. The van der Waals surface area contributed by atoms with E-state index in [2.05, 4.69) is 95.9 Å². The lowest BCUT2D eigenvalue weighted by molar-refractivity contribution is -0.0755. The van der Waals surface area contributed by atoms with Gasteiger partial charge >= 0.3 is 6.09 Å². The van der Waals surface area contributed by atoms with E-state index in [1.54, 1.807) is 0 Å². The van der Waals surface area contributed by atoms with Gasteiger partial charge in [0.2, 0.25) is 0 Å². The van der Waals surface area contributed by atoms with E-state index in [1.165, 1.54) is 16.7 Å². The number of hydrogen-bond donors (Lipinski definition) is 0. The molecule has 2 heterocycles. The van der Waals surface area contributed by atoms with Crippen molar-refractivity contribution in [3.8, 4) is 0 Å². The normalized spacial score (nSPS) is 21.9. The largest absolute Gasteiger partial charge is 0.444 e. The second-order valence-corrected chi connectivity index (χ2v) is 11.6. The number of rotatable bonds is 7. The van der Waals surface area contributed by atoms with Crippen LogP contribution in [0.25, 0.3) is 0 Å². The Morgan fingerprint density at radius 2 is 1.37 bits per heavy atom. The summed E-state index contributed by atoms with van der Waals surface area (Å²) in [7, 11) is 0. The fourth-order valence-corrected chi connectivity index (χ4v) is 6.55. The van der Waals surface area contributed by atoms with Crippen LogP contribution in [0.5, 0.6) is 0 Å². The SMILES string of the molecule is CCOCC12CCC(CN(C(c3ccccc3)(c3ccccc3)c3ccccc3)C1)N2C(=O)OC(C)(C)C. The number of likely N-dealkylation sites (tertiary alicyclic amines) is 1. The maximum absolute atomic E-state index is 13.6. The molecule has 2 atom stereocenters. The highest BCUT2D eigenvalue weighted by Crippen LogP contribution is 2.49. The smallest absolute Gasteiger partial charge is 0.411 e. The maximum Gasteiger partial charge on any atom is 0.411 e. The van der Waals surface area contributed by atoms with Crippen LogP contribution >= 0.6 is 0 Å². The zero-order valence-electron chi connectivity index (χ0n) is 23.1. The van der Waals surface area contributed by atoms with E-state index in [0.717, 1.165) is 19.4 Å². The zero-order valence-corrected chi connectivity index (χ0v) is 23.1. The van der Waals surface area contributed by atoms with Crippen molar-refractivity contribution >= 4 is 6.09 Å². The van der Waals surface area contributed by atoms with Gasteiger partial charge in [0.15, 0.2) is 0 Å².